The van der Waals surface area contributed by atoms with Crippen LogP contribution in [0.2, 0.25) is 5.02 Å². The molecule has 2 aliphatic heterocycles. The van der Waals surface area contributed by atoms with Crippen molar-refractivity contribution in [2.75, 3.05) is 31.1 Å². The fourth-order valence-corrected chi connectivity index (χ4v) is 7.29. The first-order valence-corrected chi connectivity index (χ1v) is 14.1. The highest BCUT2D eigenvalue weighted by Crippen LogP contribution is 2.36. The highest BCUT2D eigenvalue weighted by molar-refractivity contribution is 7.89. The largest absolute Gasteiger partial charge is 0.376 e. The van der Waals surface area contributed by atoms with E-state index in [9.17, 15) is 13.2 Å². The molecule has 180 valence electrons. The quantitative estimate of drug-likeness (QED) is 0.464. The number of benzene rings is 2. The van der Waals surface area contributed by atoms with E-state index in [1.165, 1.54) is 27.8 Å². The summed E-state index contributed by atoms with van der Waals surface area (Å²) in [6.45, 7) is 4.10. The molecule has 1 unspecified atom stereocenters. The first kappa shape index (κ1) is 23.7. The lowest BCUT2D eigenvalue weighted by molar-refractivity contribution is 0.0917. The Morgan fingerprint density at radius 1 is 1.18 bits per heavy atom. The smallest absolute Gasteiger partial charge is 0.260 e. The number of amides is 1. The van der Waals surface area contributed by atoms with E-state index >= 15 is 0 Å². The number of carbonyl (C=O) groups is 1. The molecule has 3 heterocycles. The van der Waals surface area contributed by atoms with Gasteiger partial charge in [0.05, 0.1) is 32.8 Å². The van der Waals surface area contributed by atoms with Gasteiger partial charge >= 0.3 is 0 Å². The lowest BCUT2D eigenvalue weighted by Crippen LogP contribution is -2.37. The highest BCUT2D eigenvalue weighted by Gasteiger charge is 2.30. The molecule has 1 aromatic heterocycles. The van der Waals surface area contributed by atoms with Gasteiger partial charge in [-0.25, -0.2) is 13.4 Å². The summed E-state index contributed by atoms with van der Waals surface area (Å²) in [7, 11) is -3.54. The van der Waals surface area contributed by atoms with Crippen LogP contribution in [0.1, 0.15) is 41.6 Å². The lowest BCUT2D eigenvalue weighted by Gasteiger charge is -2.23. The number of ether oxygens (including phenoxy) is 1. The zero-order valence-corrected chi connectivity index (χ0v) is 21.3. The average Bonchev–Trinajstić information content (AvgIpc) is 3.61. The Kier molecular flexibility index (Phi) is 6.65. The Morgan fingerprint density at radius 3 is 2.56 bits per heavy atom. The second-order valence-electron chi connectivity index (χ2n) is 8.72. The molecule has 2 aromatic carbocycles. The van der Waals surface area contributed by atoms with Crippen LogP contribution >= 0.6 is 22.9 Å². The zero-order valence-electron chi connectivity index (χ0n) is 18.9. The molecule has 2 saturated heterocycles. The fourth-order valence-electron chi connectivity index (χ4n) is 4.45. The lowest BCUT2D eigenvalue weighted by atomic mass is 10.2. The summed E-state index contributed by atoms with van der Waals surface area (Å²) >= 11 is 7.79. The number of fused-ring (bicyclic) bond motifs is 1. The summed E-state index contributed by atoms with van der Waals surface area (Å²) in [6.07, 6.45) is 3.52. The van der Waals surface area contributed by atoms with Crippen LogP contribution in [0.3, 0.4) is 0 Å². The number of sulfonamides is 1. The van der Waals surface area contributed by atoms with Crippen molar-refractivity contribution in [2.24, 2.45) is 0 Å². The molecule has 0 aliphatic carbocycles. The summed E-state index contributed by atoms with van der Waals surface area (Å²) in [5.41, 5.74) is 2.17. The van der Waals surface area contributed by atoms with E-state index < -0.39 is 10.0 Å². The predicted octanol–water partition coefficient (Wildman–Crippen LogP) is 4.87. The molecule has 1 atom stereocenters. The predicted molar refractivity (Wildman–Crippen MR) is 134 cm³/mol. The zero-order chi connectivity index (χ0) is 23.9. The standard InChI is InChI=1S/C24H26ClN3O4S2/c1-16-6-11-20(25)22-21(16)26-24(33-22)28(15-18-5-4-14-32-18)23(29)17-7-9-19(10-8-17)34(30,31)27-12-2-3-13-27/h6-11,18H,2-5,12-15H2,1H3. The molecule has 34 heavy (non-hydrogen) atoms. The van der Waals surface area contributed by atoms with Crippen molar-refractivity contribution in [3.05, 3.63) is 52.5 Å². The number of halogens is 1. The molecule has 0 spiro atoms. The monoisotopic (exact) mass is 519 g/mol. The molecule has 1 amide bonds. The number of thiazole rings is 1. The van der Waals surface area contributed by atoms with Gasteiger partial charge in [0, 0.05) is 25.3 Å². The van der Waals surface area contributed by atoms with E-state index in [0.717, 1.165) is 41.5 Å². The Hall–Kier alpha value is -2.04. The molecule has 0 radical (unpaired) electrons. The van der Waals surface area contributed by atoms with Crippen LogP contribution in [0.5, 0.6) is 0 Å². The number of rotatable bonds is 6. The summed E-state index contributed by atoms with van der Waals surface area (Å²) in [5.74, 6) is -0.242. The van der Waals surface area contributed by atoms with E-state index in [1.807, 2.05) is 19.1 Å². The molecular formula is C24H26ClN3O4S2. The molecule has 0 bridgehead atoms. The molecule has 2 fully saturated rings. The Balaban J connectivity index is 1.47. The average molecular weight is 520 g/mol. The normalized spacial score (nSPS) is 19.2. The minimum atomic E-state index is -3.54. The van der Waals surface area contributed by atoms with Crippen LogP contribution in [0.25, 0.3) is 10.2 Å². The van der Waals surface area contributed by atoms with Crippen molar-refractivity contribution in [1.29, 1.82) is 0 Å². The van der Waals surface area contributed by atoms with E-state index in [-0.39, 0.29) is 16.9 Å². The van der Waals surface area contributed by atoms with Gasteiger partial charge in [-0.2, -0.15) is 4.31 Å². The molecule has 0 N–H and O–H groups in total. The number of anilines is 1. The number of carbonyl (C=O) groups excluding carboxylic acids is 1. The van der Waals surface area contributed by atoms with Crippen LogP contribution in [0, 0.1) is 6.92 Å². The van der Waals surface area contributed by atoms with Crippen molar-refractivity contribution in [3.63, 3.8) is 0 Å². The van der Waals surface area contributed by atoms with Crippen molar-refractivity contribution in [2.45, 2.75) is 43.6 Å². The van der Waals surface area contributed by atoms with Crippen LogP contribution in [0.15, 0.2) is 41.3 Å². The number of hydrogen-bond acceptors (Lipinski definition) is 6. The van der Waals surface area contributed by atoms with Crippen molar-refractivity contribution >= 4 is 54.2 Å². The van der Waals surface area contributed by atoms with Gasteiger partial charge in [-0.3, -0.25) is 9.69 Å². The van der Waals surface area contributed by atoms with Gasteiger partial charge < -0.3 is 4.74 Å². The fraction of sp³-hybridized carbons (Fsp3) is 0.417. The number of aryl methyl sites for hydroxylation is 1. The maximum atomic E-state index is 13.6. The molecule has 5 rings (SSSR count). The third-order valence-electron chi connectivity index (χ3n) is 6.38. The van der Waals surface area contributed by atoms with Crippen LogP contribution < -0.4 is 4.90 Å². The number of hydrogen-bond donors (Lipinski definition) is 0. The van der Waals surface area contributed by atoms with Gasteiger partial charge in [0.15, 0.2) is 5.13 Å². The minimum Gasteiger partial charge on any atom is -0.376 e. The van der Waals surface area contributed by atoms with Gasteiger partial charge in [0.25, 0.3) is 5.91 Å². The van der Waals surface area contributed by atoms with Crippen molar-refractivity contribution in [3.8, 4) is 0 Å². The van der Waals surface area contributed by atoms with Gasteiger partial charge in [-0.05, 0) is 68.5 Å². The second-order valence-corrected chi connectivity index (χ2v) is 12.0. The topological polar surface area (TPSA) is 79.8 Å². The van der Waals surface area contributed by atoms with Crippen molar-refractivity contribution in [1.82, 2.24) is 9.29 Å². The SMILES string of the molecule is Cc1ccc(Cl)c2sc(N(CC3CCCO3)C(=O)c3ccc(S(=O)(=O)N4CCCC4)cc3)nc12. The van der Waals surface area contributed by atoms with E-state index in [0.29, 0.717) is 42.0 Å². The number of aromatic nitrogens is 1. The van der Waals surface area contributed by atoms with E-state index in [2.05, 4.69) is 0 Å². The Morgan fingerprint density at radius 2 is 1.91 bits per heavy atom. The Bertz CT molecular complexity index is 1270. The first-order valence-electron chi connectivity index (χ1n) is 11.4. The van der Waals surface area contributed by atoms with Crippen LogP contribution in [-0.4, -0.2) is 56.0 Å². The first-order chi connectivity index (χ1) is 16.3. The molecule has 0 saturated carbocycles. The molecule has 3 aromatic rings. The third kappa shape index (κ3) is 4.47. The molecule has 2 aliphatic rings. The summed E-state index contributed by atoms with van der Waals surface area (Å²) in [5, 5.41) is 1.16. The van der Waals surface area contributed by atoms with Crippen LogP contribution in [0.4, 0.5) is 5.13 Å². The van der Waals surface area contributed by atoms with E-state index in [4.69, 9.17) is 21.3 Å². The van der Waals surface area contributed by atoms with E-state index in [1.54, 1.807) is 17.0 Å². The maximum Gasteiger partial charge on any atom is 0.260 e. The molecule has 10 heteroatoms. The van der Waals surface area contributed by atoms with Gasteiger partial charge in [-0.1, -0.05) is 29.0 Å². The minimum absolute atomic E-state index is 0.0673. The molecular weight excluding hydrogens is 494 g/mol. The summed E-state index contributed by atoms with van der Waals surface area (Å²) in [4.78, 5) is 20.2. The highest BCUT2D eigenvalue weighted by atomic mass is 35.5. The summed E-state index contributed by atoms with van der Waals surface area (Å²) in [6, 6.07) is 9.96. The summed E-state index contributed by atoms with van der Waals surface area (Å²) < 4.78 is 33.9. The molecule has 7 nitrogen and oxygen atoms in total. The third-order valence-corrected chi connectivity index (χ3v) is 9.83. The van der Waals surface area contributed by atoms with Gasteiger partial charge in [0.2, 0.25) is 10.0 Å². The van der Waals surface area contributed by atoms with Gasteiger partial charge in [0.1, 0.15) is 0 Å². The maximum absolute atomic E-state index is 13.6. The Labute approximate surface area is 208 Å². The van der Waals surface area contributed by atoms with Crippen LogP contribution in [-0.2, 0) is 14.8 Å². The van der Waals surface area contributed by atoms with Gasteiger partial charge in [-0.15, -0.1) is 0 Å². The second kappa shape index (κ2) is 9.54. The van der Waals surface area contributed by atoms with Crippen molar-refractivity contribution < 1.29 is 17.9 Å². The number of nitrogens with zero attached hydrogens (tertiary/aromatic N) is 3.